The molecular weight excluding hydrogens is 458 g/mol. The smallest absolute Gasteiger partial charge is 0.325 e. The number of benzene rings is 3. The van der Waals surface area contributed by atoms with Crippen molar-refractivity contribution < 1.29 is 24.0 Å². The highest BCUT2D eigenvalue weighted by molar-refractivity contribution is 6.07. The minimum atomic E-state index is -1.02. The molecule has 0 saturated carbocycles. The highest BCUT2D eigenvalue weighted by Crippen LogP contribution is 2.23. The molecule has 0 bridgehead atoms. The van der Waals surface area contributed by atoms with Gasteiger partial charge in [-0.1, -0.05) is 86.6 Å². The molecule has 1 saturated heterocycles. The molecule has 2 atom stereocenters. The average molecular weight is 488 g/mol. The van der Waals surface area contributed by atoms with Crippen molar-refractivity contribution in [3.8, 4) is 16.9 Å². The molecule has 1 heterocycles. The number of carbonyl (C=O) groups excluding carboxylic acids is 3. The van der Waals surface area contributed by atoms with Crippen molar-refractivity contribution in [3.05, 3.63) is 90.5 Å². The molecule has 8 heteroatoms. The highest BCUT2D eigenvalue weighted by Gasteiger charge is 2.46. The first kappa shape index (κ1) is 24.9. The molecule has 4 rings (SSSR count). The summed E-state index contributed by atoms with van der Waals surface area (Å²) in [5, 5.41) is 2.63. The standard InChI is InChI=1S/C28H29N3O5/c1-19(2)25(26(32)30-36-17-20-9-5-3-6-10-20)31-27(33)24(29-28(31)34)18-35-23-15-13-22(14-16-23)21-11-7-4-8-12-21/h3-16,19,24-25H,17-18H2,1-2H3,(H,29,34)(H,30,32). The molecule has 1 fully saturated rings. The normalized spacial score (nSPS) is 16.1. The third-order valence-electron chi connectivity index (χ3n) is 5.86. The Bertz CT molecular complexity index is 1180. The second-order valence-corrected chi connectivity index (χ2v) is 8.84. The third-order valence-corrected chi connectivity index (χ3v) is 5.86. The molecule has 1 aliphatic rings. The molecule has 36 heavy (non-hydrogen) atoms. The van der Waals surface area contributed by atoms with Crippen molar-refractivity contribution in [2.24, 2.45) is 5.92 Å². The Labute approximate surface area is 210 Å². The van der Waals surface area contributed by atoms with Crippen LogP contribution in [0.25, 0.3) is 11.1 Å². The van der Waals surface area contributed by atoms with E-state index in [0.29, 0.717) is 5.75 Å². The number of hydrogen-bond acceptors (Lipinski definition) is 5. The van der Waals surface area contributed by atoms with Crippen LogP contribution in [0.4, 0.5) is 4.79 Å². The second kappa shape index (κ2) is 11.5. The Morgan fingerprint density at radius 2 is 1.53 bits per heavy atom. The van der Waals surface area contributed by atoms with Gasteiger partial charge in [-0.05, 0) is 34.7 Å². The van der Waals surface area contributed by atoms with Crippen LogP contribution < -0.4 is 15.5 Å². The fraction of sp³-hybridized carbons (Fsp3) is 0.250. The van der Waals surface area contributed by atoms with Crippen LogP contribution in [0.3, 0.4) is 0 Å². The topological polar surface area (TPSA) is 97.0 Å². The van der Waals surface area contributed by atoms with Gasteiger partial charge in [-0.3, -0.25) is 14.4 Å². The Morgan fingerprint density at radius 3 is 2.17 bits per heavy atom. The van der Waals surface area contributed by atoms with Crippen molar-refractivity contribution in [1.29, 1.82) is 0 Å². The van der Waals surface area contributed by atoms with Gasteiger partial charge in [0.2, 0.25) is 0 Å². The number of hydrogen-bond donors (Lipinski definition) is 2. The van der Waals surface area contributed by atoms with Gasteiger partial charge >= 0.3 is 6.03 Å². The van der Waals surface area contributed by atoms with E-state index in [2.05, 4.69) is 10.8 Å². The number of rotatable bonds is 10. The lowest BCUT2D eigenvalue weighted by molar-refractivity contribution is -0.146. The molecule has 0 radical (unpaired) electrons. The molecule has 1 aliphatic heterocycles. The van der Waals surface area contributed by atoms with Crippen molar-refractivity contribution >= 4 is 17.8 Å². The SMILES string of the molecule is CC(C)C(C(=O)NOCc1ccccc1)N1C(=O)NC(COc2ccc(-c3ccccc3)cc2)C1=O. The number of amides is 4. The van der Waals surface area contributed by atoms with Gasteiger partial charge in [0, 0.05) is 0 Å². The summed E-state index contributed by atoms with van der Waals surface area (Å²) in [5.74, 6) is -0.840. The first-order chi connectivity index (χ1) is 17.4. The van der Waals surface area contributed by atoms with Gasteiger partial charge in [0.1, 0.15) is 24.4 Å². The van der Waals surface area contributed by atoms with E-state index in [1.165, 1.54) is 0 Å². The van der Waals surface area contributed by atoms with E-state index in [0.717, 1.165) is 21.6 Å². The van der Waals surface area contributed by atoms with Crippen LogP contribution >= 0.6 is 0 Å². The fourth-order valence-electron chi connectivity index (χ4n) is 4.02. The summed E-state index contributed by atoms with van der Waals surface area (Å²) in [6.45, 7) is 3.64. The maximum Gasteiger partial charge on any atom is 0.325 e. The summed E-state index contributed by atoms with van der Waals surface area (Å²) in [6.07, 6.45) is 0. The molecule has 2 unspecified atom stereocenters. The summed E-state index contributed by atoms with van der Waals surface area (Å²) in [7, 11) is 0. The minimum absolute atomic E-state index is 0.0529. The Kier molecular flexibility index (Phi) is 7.97. The van der Waals surface area contributed by atoms with E-state index in [-0.39, 0.29) is 19.1 Å². The number of nitrogens with zero attached hydrogens (tertiary/aromatic N) is 1. The zero-order chi connectivity index (χ0) is 25.5. The van der Waals surface area contributed by atoms with Gasteiger partial charge in [-0.15, -0.1) is 0 Å². The molecule has 3 aromatic carbocycles. The highest BCUT2D eigenvalue weighted by atomic mass is 16.7. The average Bonchev–Trinajstić information content (AvgIpc) is 3.17. The predicted octanol–water partition coefficient (Wildman–Crippen LogP) is 3.93. The lowest BCUT2D eigenvalue weighted by Gasteiger charge is -2.27. The van der Waals surface area contributed by atoms with Crippen LogP contribution in [0.5, 0.6) is 5.75 Å². The summed E-state index contributed by atoms with van der Waals surface area (Å²) in [5.41, 5.74) is 5.38. The first-order valence-corrected chi connectivity index (χ1v) is 11.8. The first-order valence-electron chi connectivity index (χ1n) is 11.8. The van der Waals surface area contributed by atoms with Crippen molar-refractivity contribution in [1.82, 2.24) is 15.7 Å². The van der Waals surface area contributed by atoms with Crippen molar-refractivity contribution in [3.63, 3.8) is 0 Å². The van der Waals surface area contributed by atoms with Gasteiger partial charge in [-0.2, -0.15) is 0 Å². The zero-order valence-corrected chi connectivity index (χ0v) is 20.2. The number of ether oxygens (including phenoxy) is 1. The van der Waals surface area contributed by atoms with Crippen LogP contribution in [0.15, 0.2) is 84.9 Å². The Morgan fingerprint density at radius 1 is 0.917 bits per heavy atom. The molecule has 2 N–H and O–H groups in total. The summed E-state index contributed by atoms with van der Waals surface area (Å²) in [4.78, 5) is 44.9. The maximum absolute atomic E-state index is 13.1. The quantitative estimate of drug-likeness (QED) is 0.334. The van der Waals surface area contributed by atoms with E-state index in [1.807, 2.05) is 84.9 Å². The van der Waals surface area contributed by atoms with Gasteiger partial charge in [0.15, 0.2) is 0 Å². The van der Waals surface area contributed by atoms with Crippen molar-refractivity contribution in [2.45, 2.75) is 32.5 Å². The van der Waals surface area contributed by atoms with E-state index < -0.39 is 29.9 Å². The van der Waals surface area contributed by atoms with Crippen LogP contribution in [0.1, 0.15) is 19.4 Å². The van der Waals surface area contributed by atoms with Crippen molar-refractivity contribution in [2.75, 3.05) is 6.61 Å². The van der Waals surface area contributed by atoms with Crippen LogP contribution in [0.2, 0.25) is 0 Å². The van der Waals surface area contributed by atoms with Crippen LogP contribution in [-0.4, -0.2) is 41.4 Å². The maximum atomic E-state index is 13.1. The molecule has 4 amide bonds. The zero-order valence-electron chi connectivity index (χ0n) is 20.2. The predicted molar refractivity (Wildman–Crippen MR) is 135 cm³/mol. The number of urea groups is 1. The van der Waals surface area contributed by atoms with Gasteiger partial charge in [0.25, 0.3) is 11.8 Å². The lowest BCUT2D eigenvalue weighted by atomic mass is 10.0. The third kappa shape index (κ3) is 5.90. The molecular formula is C28H29N3O5. The molecule has 0 aliphatic carbocycles. The largest absolute Gasteiger partial charge is 0.491 e. The van der Waals surface area contributed by atoms with Gasteiger partial charge in [-0.25, -0.2) is 15.2 Å². The molecule has 3 aromatic rings. The number of hydroxylamine groups is 1. The Hall–Kier alpha value is -4.17. The van der Waals surface area contributed by atoms with Gasteiger partial charge in [0.05, 0.1) is 6.61 Å². The van der Waals surface area contributed by atoms with Crippen LogP contribution in [0, 0.1) is 5.92 Å². The van der Waals surface area contributed by atoms with E-state index in [9.17, 15) is 14.4 Å². The van der Waals surface area contributed by atoms with Crippen LogP contribution in [-0.2, 0) is 21.0 Å². The van der Waals surface area contributed by atoms with E-state index in [1.54, 1.807) is 13.8 Å². The summed E-state index contributed by atoms with van der Waals surface area (Å²) in [6, 6.07) is 24.2. The molecule has 8 nitrogen and oxygen atoms in total. The van der Waals surface area contributed by atoms with E-state index in [4.69, 9.17) is 9.57 Å². The summed E-state index contributed by atoms with van der Waals surface area (Å²) < 4.78 is 5.77. The Balaban J connectivity index is 1.34. The number of carbonyl (C=O) groups is 3. The number of nitrogens with one attached hydrogen (secondary N) is 2. The number of imide groups is 1. The lowest BCUT2D eigenvalue weighted by Crippen LogP contribution is -2.52. The van der Waals surface area contributed by atoms with E-state index >= 15 is 0 Å². The summed E-state index contributed by atoms with van der Waals surface area (Å²) >= 11 is 0. The molecule has 0 spiro atoms. The fourth-order valence-corrected chi connectivity index (χ4v) is 4.02. The van der Waals surface area contributed by atoms with Gasteiger partial charge < -0.3 is 10.1 Å². The molecule has 186 valence electrons. The molecule has 0 aromatic heterocycles. The monoisotopic (exact) mass is 487 g/mol. The minimum Gasteiger partial charge on any atom is -0.491 e. The second-order valence-electron chi connectivity index (χ2n) is 8.84.